The molecule has 0 aliphatic carbocycles. The van der Waals surface area contributed by atoms with Crippen LogP contribution in [-0.2, 0) is 0 Å². The first-order chi connectivity index (χ1) is 5.15. The van der Waals surface area contributed by atoms with Crippen molar-refractivity contribution in [3.63, 3.8) is 0 Å². The van der Waals surface area contributed by atoms with E-state index in [4.69, 9.17) is 5.11 Å². The number of nitrogens with zero attached hydrogens (tertiary/aromatic N) is 1. The fourth-order valence-electron chi connectivity index (χ4n) is 0.283. The van der Waals surface area contributed by atoms with E-state index in [1.54, 1.807) is 6.08 Å². The Bertz CT molecular complexity index is 71.7. The zero-order chi connectivity index (χ0) is 9.11. The summed E-state index contributed by atoms with van der Waals surface area (Å²) in [7, 11) is 6.00. The average molecular weight is 160 g/mol. The van der Waals surface area contributed by atoms with Gasteiger partial charge in [-0.05, 0) is 21.1 Å². The van der Waals surface area contributed by atoms with E-state index in [-0.39, 0.29) is 6.61 Å². The SMILES string of the molecule is C=CCNCCO.CN(C)C. The van der Waals surface area contributed by atoms with Crippen LogP contribution in [0.5, 0.6) is 0 Å². The van der Waals surface area contributed by atoms with Gasteiger partial charge in [0.25, 0.3) is 0 Å². The number of hydrogen-bond donors (Lipinski definition) is 2. The highest BCUT2D eigenvalue weighted by atomic mass is 16.3. The second-order valence-corrected chi connectivity index (χ2v) is 2.56. The summed E-state index contributed by atoms with van der Waals surface area (Å²) in [4.78, 5) is 2.00. The summed E-state index contributed by atoms with van der Waals surface area (Å²) in [5.41, 5.74) is 0. The van der Waals surface area contributed by atoms with Crippen LogP contribution in [-0.4, -0.2) is 50.8 Å². The Hall–Kier alpha value is -0.380. The van der Waals surface area contributed by atoms with Gasteiger partial charge < -0.3 is 15.3 Å². The zero-order valence-electron chi connectivity index (χ0n) is 7.80. The van der Waals surface area contributed by atoms with E-state index in [9.17, 15) is 0 Å². The molecule has 0 fully saturated rings. The van der Waals surface area contributed by atoms with E-state index in [0.29, 0.717) is 6.54 Å². The Morgan fingerprint density at radius 3 is 2.18 bits per heavy atom. The Labute approximate surface area is 69.7 Å². The van der Waals surface area contributed by atoms with Crippen LogP contribution in [0.15, 0.2) is 12.7 Å². The normalized spacial score (nSPS) is 8.82. The van der Waals surface area contributed by atoms with E-state index < -0.39 is 0 Å². The van der Waals surface area contributed by atoms with Crippen molar-refractivity contribution in [1.29, 1.82) is 0 Å². The molecule has 0 aliphatic rings. The van der Waals surface area contributed by atoms with Gasteiger partial charge in [-0.3, -0.25) is 0 Å². The zero-order valence-corrected chi connectivity index (χ0v) is 7.80. The highest BCUT2D eigenvalue weighted by molar-refractivity contribution is 4.68. The smallest absolute Gasteiger partial charge is 0.0556 e. The van der Waals surface area contributed by atoms with Crippen molar-refractivity contribution in [2.75, 3.05) is 40.8 Å². The molecular weight excluding hydrogens is 140 g/mol. The lowest BCUT2D eigenvalue weighted by molar-refractivity contribution is 0.294. The summed E-state index contributed by atoms with van der Waals surface area (Å²) < 4.78 is 0. The van der Waals surface area contributed by atoms with Crippen LogP contribution < -0.4 is 5.32 Å². The maximum Gasteiger partial charge on any atom is 0.0556 e. The summed E-state index contributed by atoms with van der Waals surface area (Å²) in [6.45, 7) is 5.13. The molecule has 0 aromatic rings. The quantitative estimate of drug-likeness (QED) is 0.446. The standard InChI is InChI=1S/C5H11NO.C3H9N/c1-2-3-6-4-5-7;1-4(2)3/h2,6-7H,1,3-5H2;1-3H3. The minimum absolute atomic E-state index is 0.202. The minimum atomic E-state index is 0.202. The predicted molar refractivity (Wildman–Crippen MR) is 49.8 cm³/mol. The van der Waals surface area contributed by atoms with Gasteiger partial charge in [0, 0.05) is 13.1 Å². The Kier molecular flexibility index (Phi) is 14.8. The second kappa shape index (κ2) is 12.3. The van der Waals surface area contributed by atoms with Crippen LogP contribution in [0.4, 0.5) is 0 Å². The molecule has 0 aromatic carbocycles. The van der Waals surface area contributed by atoms with Crippen molar-refractivity contribution in [1.82, 2.24) is 10.2 Å². The van der Waals surface area contributed by atoms with Gasteiger partial charge in [-0.2, -0.15) is 0 Å². The highest BCUT2D eigenvalue weighted by Gasteiger charge is 1.74. The first-order valence-electron chi connectivity index (χ1n) is 3.68. The molecule has 0 aliphatic heterocycles. The number of rotatable bonds is 4. The van der Waals surface area contributed by atoms with Gasteiger partial charge in [0.05, 0.1) is 6.61 Å². The van der Waals surface area contributed by atoms with Crippen molar-refractivity contribution in [3.05, 3.63) is 12.7 Å². The molecule has 0 heterocycles. The third kappa shape index (κ3) is 42.6. The molecule has 2 N–H and O–H groups in total. The molecule has 0 amide bonds. The van der Waals surface area contributed by atoms with Gasteiger partial charge in [-0.1, -0.05) is 6.08 Å². The van der Waals surface area contributed by atoms with Crippen LogP contribution in [0.3, 0.4) is 0 Å². The van der Waals surface area contributed by atoms with Gasteiger partial charge in [0.2, 0.25) is 0 Å². The average Bonchev–Trinajstić information content (AvgIpc) is 1.88. The number of aliphatic hydroxyl groups excluding tert-OH is 1. The molecule has 0 radical (unpaired) electrons. The number of aliphatic hydroxyl groups is 1. The molecule has 0 rings (SSSR count). The summed E-state index contributed by atoms with van der Waals surface area (Å²) in [5.74, 6) is 0. The first-order valence-corrected chi connectivity index (χ1v) is 3.68. The number of nitrogens with one attached hydrogen (secondary N) is 1. The summed E-state index contributed by atoms with van der Waals surface area (Å²) >= 11 is 0. The monoisotopic (exact) mass is 160 g/mol. The van der Waals surface area contributed by atoms with E-state index in [0.717, 1.165) is 6.54 Å². The van der Waals surface area contributed by atoms with Crippen LogP contribution in [0, 0.1) is 0 Å². The van der Waals surface area contributed by atoms with Gasteiger partial charge in [-0.25, -0.2) is 0 Å². The molecule has 0 unspecified atom stereocenters. The van der Waals surface area contributed by atoms with Gasteiger partial charge in [0.15, 0.2) is 0 Å². The van der Waals surface area contributed by atoms with Crippen molar-refractivity contribution in [3.8, 4) is 0 Å². The number of hydrogen-bond acceptors (Lipinski definition) is 3. The Balaban J connectivity index is 0. The fourth-order valence-corrected chi connectivity index (χ4v) is 0.283. The maximum atomic E-state index is 8.20. The highest BCUT2D eigenvalue weighted by Crippen LogP contribution is 1.57. The van der Waals surface area contributed by atoms with Crippen molar-refractivity contribution in [2.24, 2.45) is 0 Å². The third-order valence-corrected chi connectivity index (χ3v) is 0.577. The molecule has 0 spiro atoms. The molecule has 11 heavy (non-hydrogen) atoms. The second-order valence-electron chi connectivity index (χ2n) is 2.56. The maximum absolute atomic E-state index is 8.20. The van der Waals surface area contributed by atoms with Crippen molar-refractivity contribution >= 4 is 0 Å². The van der Waals surface area contributed by atoms with Crippen molar-refractivity contribution in [2.45, 2.75) is 0 Å². The molecule has 0 atom stereocenters. The molecule has 3 heteroatoms. The largest absolute Gasteiger partial charge is 0.395 e. The van der Waals surface area contributed by atoms with Crippen LogP contribution >= 0.6 is 0 Å². The van der Waals surface area contributed by atoms with Crippen molar-refractivity contribution < 1.29 is 5.11 Å². The lowest BCUT2D eigenvalue weighted by atomic mass is 10.6. The van der Waals surface area contributed by atoms with Gasteiger partial charge in [0.1, 0.15) is 0 Å². The molecule has 68 valence electrons. The van der Waals surface area contributed by atoms with E-state index in [1.165, 1.54) is 0 Å². The molecular formula is C8H20N2O. The third-order valence-electron chi connectivity index (χ3n) is 0.577. The van der Waals surface area contributed by atoms with Crippen LogP contribution in [0.1, 0.15) is 0 Å². The van der Waals surface area contributed by atoms with E-state index >= 15 is 0 Å². The lowest BCUT2D eigenvalue weighted by Crippen LogP contribution is -2.17. The van der Waals surface area contributed by atoms with Crippen LogP contribution in [0.25, 0.3) is 0 Å². The summed E-state index contributed by atoms with van der Waals surface area (Å²) in [5, 5.41) is 11.1. The summed E-state index contributed by atoms with van der Waals surface area (Å²) in [6.07, 6.45) is 1.76. The van der Waals surface area contributed by atoms with Gasteiger partial charge in [-0.15, -0.1) is 6.58 Å². The lowest BCUT2D eigenvalue weighted by Gasteiger charge is -1.92. The molecule has 3 nitrogen and oxygen atoms in total. The fraction of sp³-hybridized carbons (Fsp3) is 0.750. The molecule has 0 bridgehead atoms. The Morgan fingerprint density at radius 1 is 1.45 bits per heavy atom. The van der Waals surface area contributed by atoms with Crippen LogP contribution in [0.2, 0.25) is 0 Å². The molecule has 0 saturated carbocycles. The molecule has 0 saturated heterocycles. The minimum Gasteiger partial charge on any atom is -0.395 e. The predicted octanol–water partition coefficient (Wildman–Crippen LogP) is -0.0679. The van der Waals surface area contributed by atoms with E-state index in [1.807, 2.05) is 26.0 Å². The van der Waals surface area contributed by atoms with Gasteiger partial charge >= 0.3 is 0 Å². The Morgan fingerprint density at radius 2 is 1.91 bits per heavy atom. The molecule has 0 aromatic heterocycles. The topological polar surface area (TPSA) is 35.5 Å². The summed E-state index contributed by atoms with van der Waals surface area (Å²) in [6, 6.07) is 0. The first kappa shape index (κ1) is 13.2. The van der Waals surface area contributed by atoms with E-state index in [2.05, 4.69) is 11.9 Å².